The fraction of sp³-hybridized carbons (Fsp3) is 0.435. The number of carbonyl (C=O) groups is 1. The van der Waals surface area contributed by atoms with Gasteiger partial charge >= 0.3 is 5.92 Å². The highest BCUT2D eigenvalue weighted by Crippen LogP contribution is 2.36. The molecule has 0 saturated heterocycles. The number of hydrogen-bond acceptors (Lipinski definition) is 9. The minimum Gasteiger partial charge on any atom is -0.438 e. The van der Waals surface area contributed by atoms with Crippen molar-refractivity contribution in [1.29, 1.82) is 0 Å². The Kier molecular flexibility index (Phi) is 8.52. The van der Waals surface area contributed by atoms with Gasteiger partial charge in [0.15, 0.2) is 9.84 Å². The number of alkyl halides is 2. The van der Waals surface area contributed by atoms with Crippen LogP contribution in [0.4, 0.5) is 14.6 Å². The molecule has 2 aromatic rings. The third-order valence-corrected chi connectivity index (χ3v) is 6.78. The van der Waals surface area contributed by atoms with E-state index in [2.05, 4.69) is 20.6 Å². The molecule has 0 spiro atoms. The lowest BCUT2D eigenvalue weighted by atomic mass is 10.1. The van der Waals surface area contributed by atoms with Crippen molar-refractivity contribution in [3.8, 4) is 11.6 Å². The summed E-state index contributed by atoms with van der Waals surface area (Å²) >= 11 is 0. The molecule has 202 valence electrons. The van der Waals surface area contributed by atoms with Gasteiger partial charge < -0.3 is 15.4 Å². The molecule has 0 bridgehead atoms. The monoisotopic (exact) mass is 558 g/mol. The maximum Gasteiger partial charge on any atom is 0.304 e. The summed E-state index contributed by atoms with van der Waals surface area (Å²) < 4.78 is 80.7. The van der Waals surface area contributed by atoms with Gasteiger partial charge in [0.1, 0.15) is 27.0 Å². The number of rotatable bonds is 12. The Labute approximate surface area is 214 Å². The average Bonchev–Trinajstić information content (AvgIpc) is 3.60. The maximum atomic E-state index is 14.3. The zero-order valence-corrected chi connectivity index (χ0v) is 22.1. The van der Waals surface area contributed by atoms with Crippen molar-refractivity contribution in [2.45, 2.75) is 31.7 Å². The van der Waals surface area contributed by atoms with Crippen LogP contribution in [0.15, 0.2) is 41.8 Å². The lowest BCUT2D eigenvalue weighted by Gasteiger charge is -2.20. The fourth-order valence-electron chi connectivity index (χ4n) is 3.23. The van der Waals surface area contributed by atoms with E-state index in [1.807, 2.05) is 0 Å². The highest BCUT2D eigenvalue weighted by Gasteiger charge is 2.36. The first-order valence-electron chi connectivity index (χ1n) is 11.3. The molecule has 3 rings (SSSR count). The third kappa shape index (κ3) is 9.04. The summed E-state index contributed by atoms with van der Waals surface area (Å²) in [4.78, 5) is 21.1. The van der Waals surface area contributed by atoms with Crippen molar-refractivity contribution in [2.75, 3.05) is 30.1 Å². The molecule has 0 radical (unpaired) electrons. The Hall–Kier alpha value is -3.13. The Balaban J connectivity index is 2.07. The number of nitrogens with zero attached hydrogens (tertiary/aromatic N) is 2. The van der Waals surface area contributed by atoms with Crippen LogP contribution >= 0.6 is 0 Å². The van der Waals surface area contributed by atoms with Gasteiger partial charge in [-0.2, -0.15) is 13.8 Å². The summed E-state index contributed by atoms with van der Waals surface area (Å²) in [5.41, 5.74) is -0.330. The summed E-state index contributed by atoms with van der Waals surface area (Å²) in [6.07, 6.45) is 4.89. The van der Waals surface area contributed by atoms with E-state index in [-0.39, 0.29) is 35.3 Å². The van der Waals surface area contributed by atoms with Crippen molar-refractivity contribution in [3.63, 3.8) is 0 Å². The van der Waals surface area contributed by atoms with E-state index in [9.17, 15) is 30.4 Å². The van der Waals surface area contributed by atoms with Crippen molar-refractivity contribution in [2.24, 2.45) is 5.92 Å². The van der Waals surface area contributed by atoms with Gasteiger partial charge in [0.05, 0.1) is 11.8 Å². The van der Waals surface area contributed by atoms with E-state index in [4.69, 9.17) is 4.74 Å². The molecular formula is C23H28F2N4O6S2. The second-order valence-corrected chi connectivity index (χ2v) is 13.1. The van der Waals surface area contributed by atoms with Gasteiger partial charge in [-0.15, -0.1) is 0 Å². The highest BCUT2D eigenvalue weighted by molar-refractivity contribution is 7.93. The Morgan fingerprint density at radius 3 is 2.35 bits per heavy atom. The summed E-state index contributed by atoms with van der Waals surface area (Å²) in [6.45, 7) is 0.351. The molecule has 0 aliphatic heterocycles. The second-order valence-electron chi connectivity index (χ2n) is 8.93. The average molecular weight is 559 g/mol. The number of hydrogen-bond donors (Lipinski definition) is 2. The second kappa shape index (κ2) is 11.1. The number of anilines is 1. The molecule has 1 amide bonds. The SMILES string of the molecule is CC(F)(F)c1nc(NCCS(C)(=O)=O)c(C(=O)N[C@H](/C=C/S(C)(=O)=O)C2CC2)c(Oc2ccccc2)n1. The van der Waals surface area contributed by atoms with Crippen LogP contribution < -0.4 is 15.4 Å². The molecule has 1 aromatic heterocycles. The molecule has 37 heavy (non-hydrogen) atoms. The largest absolute Gasteiger partial charge is 0.438 e. The maximum absolute atomic E-state index is 14.3. The van der Waals surface area contributed by atoms with Crippen molar-refractivity contribution in [3.05, 3.63) is 53.2 Å². The van der Waals surface area contributed by atoms with Crippen LogP contribution in [0.1, 0.15) is 35.9 Å². The predicted molar refractivity (Wildman–Crippen MR) is 134 cm³/mol. The van der Waals surface area contributed by atoms with Crippen LogP contribution in [0.2, 0.25) is 0 Å². The number of sulfone groups is 2. The molecule has 1 aliphatic carbocycles. The summed E-state index contributed by atoms with van der Waals surface area (Å²) in [5.74, 6) is -6.24. The van der Waals surface area contributed by atoms with Gasteiger partial charge in [0.25, 0.3) is 5.91 Å². The molecular weight excluding hydrogens is 530 g/mol. The molecule has 1 heterocycles. The zero-order valence-electron chi connectivity index (χ0n) is 20.4. The van der Waals surface area contributed by atoms with E-state index in [0.717, 1.165) is 30.8 Å². The molecule has 1 aromatic carbocycles. The molecule has 10 nitrogen and oxygen atoms in total. The number of ether oxygens (including phenoxy) is 1. The van der Waals surface area contributed by atoms with E-state index in [1.165, 1.54) is 18.2 Å². The van der Waals surface area contributed by atoms with E-state index in [0.29, 0.717) is 6.92 Å². The molecule has 1 saturated carbocycles. The smallest absolute Gasteiger partial charge is 0.304 e. The summed E-state index contributed by atoms with van der Waals surface area (Å²) in [6, 6.07) is 7.38. The first-order valence-corrected chi connectivity index (χ1v) is 15.3. The van der Waals surface area contributed by atoms with Crippen molar-refractivity contribution < 1.29 is 35.1 Å². The summed E-state index contributed by atoms with van der Waals surface area (Å²) in [7, 11) is -6.88. The lowest BCUT2D eigenvalue weighted by molar-refractivity contribution is 0.00724. The zero-order chi connectivity index (χ0) is 27.4. The number of carbonyl (C=O) groups excluding carboxylic acids is 1. The van der Waals surface area contributed by atoms with E-state index in [1.54, 1.807) is 18.2 Å². The predicted octanol–water partition coefficient (Wildman–Crippen LogP) is 2.90. The number of aromatic nitrogens is 2. The number of nitrogens with one attached hydrogen (secondary N) is 2. The van der Waals surface area contributed by atoms with Gasteiger partial charge in [0, 0.05) is 31.4 Å². The number of halogens is 2. The van der Waals surface area contributed by atoms with Crippen LogP contribution in [-0.4, -0.2) is 63.6 Å². The topological polar surface area (TPSA) is 144 Å². The van der Waals surface area contributed by atoms with Crippen LogP contribution in [0.3, 0.4) is 0 Å². The summed E-state index contributed by atoms with van der Waals surface area (Å²) in [5, 5.41) is 6.34. The van der Waals surface area contributed by atoms with Crippen LogP contribution in [0.25, 0.3) is 0 Å². The molecule has 1 atom stereocenters. The molecule has 2 N–H and O–H groups in total. The Bertz CT molecular complexity index is 1370. The molecule has 0 unspecified atom stereocenters. The lowest BCUT2D eigenvalue weighted by Crippen LogP contribution is -2.36. The highest BCUT2D eigenvalue weighted by atomic mass is 32.2. The number of para-hydroxylation sites is 1. The quantitative estimate of drug-likeness (QED) is 0.402. The van der Waals surface area contributed by atoms with Crippen molar-refractivity contribution in [1.82, 2.24) is 15.3 Å². The fourth-order valence-corrected chi connectivity index (χ4v) is 4.15. The van der Waals surface area contributed by atoms with Gasteiger partial charge in [-0.25, -0.2) is 21.8 Å². The van der Waals surface area contributed by atoms with Crippen LogP contribution in [-0.2, 0) is 25.6 Å². The normalized spacial score (nSPS) is 15.4. The first-order chi connectivity index (χ1) is 17.1. The van der Waals surface area contributed by atoms with Gasteiger partial charge in [-0.05, 0) is 30.9 Å². The van der Waals surface area contributed by atoms with E-state index >= 15 is 0 Å². The van der Waals surface area contributed by atoms with Crippen LogP contribution in [0, 0.1) is 5.92 Å². The Morgan fingerprint density at radius 2 is 1.81 bits per heavy atom. The number of amides is 1. The standard InChI is InChI=1S/C23H28F2N4O6S2/c1-23(24,25)22-28-19(26-12-14-37(3,33)34)18(21(29-22)35-16-7-5-4-6-8-16)20(30)27-17(15-9-10-15)11-13-36(2,31)32/h4-8,11,13,15,17H,9-10,12,14H2,1-3H3,(H,27,30)(H,26,28,29)/b13-11+/t17-/m1/s1. The minimum atomic E-state index is -3.51. The van der Waals surface area contributed by atoms with Gasteiger partial charge in [-0.3, -0.25) is 4.79 Å². The minimum absolute atomic E-state index is 0.0118. The van der Waals surface area contributed by atoms with Gasteiger partial charge in [0.2, 0.25) is 11.7 Å². The molecule has 1 aliphatic rings. The van der Waals surface area contributed by atoms with Gasteiger partial charge in [-0.1, -0.05) is 24.3 Å². The third-order valence-electron chi connectivity index (χ3n) is 5.18. The van der Waals surface area contributed by atoms with Crippen LogP contribution in [0.5, 0.6) is 11.6 Å². The Morgan fingerprint density at radius 1 is 1.16 bits per heavy atom. The molecule has 1 fully saturated rings. The number of benzene rings is 1. The van der Waals surface area contributed by atoms with Crippen molar-refractivity contribution >= 4 is 31.4 Å². The first kappa shape index (κ1) is 28.4. The molecule has 14 heteroatoms. The van der Waals surface area contributed by atoms with E-state index < -0.39 is 49.3 Å².